The predicted octanol–water partition coefficient (Wildman–Crippen LogP) is 5.95. The van der Waals surface area contributed by atoms with Gasteiger partial charge in [0.15, 0.2) is 5.75 Å². The van der Waals surface area contributed by atoms with E-state index in [-0.39, 0.29) is 22.5 Å². The van der Waals surface area contributed by atoms with E-state index in [0.717, 1.165) is 15.8 Å². The minimum atomic E-state index is -0.307. The molecule has 134 valence electrons. The Balaban J connectivity index is 1.68. The van der Waals surface area contributed by atoms with Crippen LogP contribution in [0.2, 0.25) is 10.0 Å². The van der Waals surface area contributed by atoms with Crippen molar-refractivity contribution in [2.45, 2.75) is 6.54 Å². The third kappa shape index (κ3) is 4.23. The van der Waals surface area contributed by atoms with Gasteiger partial charge in [-0.25, -0.2) is 0 Å². The standard InChI is InChI=1S/C19H14BrCl2NO3/c1-25-18-15(21)8-12(9-16(18)22)19(24)23-10-14-6-7-17(26-14)11-2-4-13(20)5-3-11/h2-9H,10H2,1H3,(H,23,24). The molecule has 0 fully saturated rings. The first-order valence-corrected chi connectivity index (χ1v) is 9.18. The molecule has 7 heteroatoms. The lowest BCUT2D eigenvalue weighted by molar-refractivity contribution is 0.0948. The number of carbonyl (C=O) groups excluding carboxylic acids is 1. The van der Waals surface area contributed by atoms with E-state index in [4.69, 9.17) is 32.4 Å². The highest BCUT2D eigenvalue weighted by molar-refractivity contribution is 9.10. The van der Waals surface area contributed by atoms with Gasteiger partial charge < -0.3 is 14.5 Å². The number of furan rings is 1. The van der Waals surface area contributed by atoms with Gasteiger partial charge in [0, 0.05) is 15.6 Å². The van der Waals surface area contributed by atoms with E-state index in [2.05, 4.69) is 21.2 Å². The Kier molecular flexibility index (Phi) is 5.91. The van der Waals surface area contributed by atoms with E-state index < -0.39 is 0 Å². The van der Waals surface area contributed by atoms with Gasteiger partial charge in [0.05, 0.1) is 23.7 Å². The highest BCUT2D eigenvalue weighted by atomic mass is 79.9. The van der Waals surface area contributed by atoms with Crippen LogP contribution < -0.4 is 10.1 Å². The van der Waals surface area contributed by atoms with Gasteiger partial charge >= 0.3 is 0 Å². The maximum Gasteiger partial charge on any atom is 0.251 e. The highest BCUT2D eigenvalue weighted by Crippen LogP contribution is 2.33. The molecular formula is C19H14BrCl2NO3. The SMILES string of the molecule is COc1c(Cl)cc(C(=O)NCc2ccc(-c3ccc(Br)cc3)o2)cc1Cl. The molecule has 2 aromatic carbocycles. The van der Waals surface area contributed by atoms with Crippen molar-refractivity contribution in [3.05, 3.63) is 74.4 Å². The summed E-state index contributed by atoms with van der Waals surface area (Å²) in [4.78, 5) is 12.3. The van der Waals surface area contributed by atoms with Crippen molar-refractivity contribution < 1.29 is 13.9 Å². The lowest BCUT2D eigenvalue weighted by Crippen LogP contribution is -2.22. The molecule has 3 aromatic rings. The fourth-order valence-electron chi connectivity index (χ4n) is 2.40. The van der Waals surface area contributed by atoms with Crippen LogP contribution in [0.4, 0.5) is 0 Å². The monoisotopic (exact) mass is 453 g/mol. The topological polar surface area (TPSA) is 51.5 Å². The molecule has 1 N–H and O–H groups in total. The lowest BCUT2D eigenvalue weighted by Gasteiger charge is -2.09. The molecule has 0 saturated heterocycles. The molecule has 0 bridgehead atoms. The van der Waals surface area contributed by atoms with Gasteiger partial charge in [-0.3, -0.25) is 4.79 Å². The molecule has 3 rings (SSSR count). The third-order valence-corrected chi connectivity index (χ3v) is 4.77. The van der Waals surface area contributed by atoms with Gasteiger partial charge in [0.1, 0.15) is 11.5 Å². The Hall–Kier alpha value is -1.95. The molecule has 0 aliphatic rings. The number of ether oxygens (including phenoxy) is 1. The summed E-state index contributed by atoms with van der Waals surface area (Å²) in [6.45, 7) is 0.247. The number of benzene rings is 2. The summed E-state index contributed by atoms with van der Waals surface area (Å²) in [7, 11) is 1.47. The van der Waals surface area contributed by atoms with Crippen LogP contribution >= 0.6 is 39.1 Å². The van der Waals surface area contributed by atoms with Crippen LogP contribution in [0, 0.1) is 0 Å². The van der Waals surface area contributed by atoms with Crippen molar-refractivity contribution >= 4 is 45.0 Å². The normalized spacial score (nSPS) is 10.6. The molecule has 0 unspecified atom stereocenters. The van der Waals surface area contributed by atoms with Crippen LogP contribution in [0.3, 0.4) is 0 Å². The molecular weight excluding hydrogens is 441 g/mol. The van der Waals surface area contributed by atoms with Crippen molar-refractivity contribution in [3.63, 3.8) is 0 Å². The zero-order valence-corrected chi connectivity index (χ0v) is 16.8. The largest absolute Gasteiger partial charge is 0.494 e. The van der Waals surface area contributed by atoms with Gasteiger partial charge in [-0.15, -0.1) is 0 Å². The quantitative estimate of drug-likeness (QED) is 0.517. The van der Waals surface area contributed by atoms with Gasteiger partial charge in [-0.05, 0) is 36.4 Å². The number of carbonyl (C=O) groups is 1. The molecule has 4 nitrogen and oxygen atoms in total. The van der Waals surface area contributed by atoms with Gasteiger partial charge in [0.2, 0.25) is 0 Å². The van der Waals surface area contributed by atoms with E-state index in [9.17, 15) is 4.79 Å². The van der Waals surface area contributed by atoms with Crippen LogP contribution in [0.15, 0.2) is 57.4 Å². The van der Waals surface area contributed by atoms with Crippen molar-refractivity contribution in [3.8, 4) is 17.1 Å². The predicted molar refractivity (Wildman–Crippen MR) is 106 cm³/mol. The average Bonchev–Trinajstić information content (AvgIpc) is 3.09. The second kappa shape index (κ2) is 8.16. The molecule has 1 aromatic heterocycles. The molecule has 0 radical (unpaired) electrons. The molecule has 0 atom stereocenters. The molecule has 26 heavy (non-hydrogen) atoms. The Bertz CT molecular complexity index is 915. The fraction of sp³-hybridized carbons (Fsp3) is 0.105. The van der Waals surface area contributed by atoms with Crippen LogP contribution in [-0.2, 0) is 6.54 Å². The number of nitrogens with one attached hydrogen (secondary N) is 1. The first kappa shape index (κ1) is 18.8. The lowest BCUT2D eigenvalue weighted by atomic mass is 10.2. The third-order valence-electron chi connectivity index (χ3n) is 3.68. The minimum Gasteiger partial charge on any atom is -0.494 e. The van der Waals surface area contributed by atoms with Crippen molar-refractivity contribution in [1.29, 1.82) is 0 Å². The zero-order valence-electron chi connectivity index (χ0n) is 13.7. The number of halogens is 3. The number of hydrogen-bond acceptors (Lipinski definition) is 3. The van der Waals surface area contributed by atoms with Crippen molar-refractivity contribution in [2.24, 2.45) is 0 Å². The Morgan fingerprint density at radius 2 is 1.77 bits per heavy atom. The van der Waals surface area contributed by atoms with Crippen molar-refractivity contribution in [1.82, 2.24) is 5.32 Å². The summed E-state index contributed by atoms with van der Waals surface area (Å²) >= 11 is 15.5. The number of hydrogen-bond donors (Lipinski definition) is 1. The molecule has 0 aliphatic carbocycles. The highest BCUT2D eigenvalue weighted by Gasteiger charge is 2.14. The summed E-state index contributed by atoms with van der Waals surface area (Å²) in [5.41, 5.74) is 1.31. The van der Waals surface area contributed by atoms with E-state index in [1.54, 1.807) is 0 Å². The average molecular weight is 455 g/mol. The second-order valence-electron chi connectivity index (χ2n) is 5.43. The maximum absolute atomic E-state index is 12.3. The molecule has 1 amide bonds. The molecule has 0 aliphatic heterocycles. The molecule has 1 heterocycles. The van der Waals surface area contributed by atoms with E-state index in [1.165, 1.54) is 19.2 Å². The Morgan fingerprint density at radius 1 is 1.12 bits per heavy atom. The zero-order chi connectivity index (χ0) is 18.7. The smallest absolute Gasteiger partial charge is 0.251 e. The van der Waals surface area contributed by atoms with Crippen molar-refractivity contribution in [2.75, 3.05) is 7.11 Å². The maximum atomic E-state index is 12.3. The Morgan fingerprint density at radius 3 is 2.38 bits per heavy atom. The van der Waals surface area contributed by atoms with E-state index in [1.807, 2.05) is 36.4 Å². The first-order chi connectivity index (χ1) is 12.5. The number of methoxy groups -OCH3 is 1. The van der Waals surface area contributed by atoms with E-state index >= 15 is 0 Å². The minimum absolute atomic E-state index is 0.247. The summed E-state index contributed by atoms with van der Waals surface area (Å²) in [6.07, 6.45) is 0. The van der Waals surface area contributed by atoms with Crippen LogP contribution in [0.1, 0.15) is 16.1 Å². The summed E-state index contributed by atoms with van der Waals surface area (Å²) in [5.74, 6) is 1.41. The molecule has 0 saturated carbocycles. The van der Waals surface area contributed by atoms with E-state index in [0.29, 0.717) is 17.1 Å². The summed E-state index contributed by atoms with van der Waals surface area (Å²) < 4.78 is 11.9. The van der Waals surface area contributed by atoms with Gasteiger partial charge in [-0.1, -0.05) is 51.3 Å². The fourth-order valence-corrected chi connectivity index (χ4v) is 3.30. The van der Waals surface area contributed by atoms with Gasteiger partial charge in [-0.2, -0.15) is 0 Å². The number of rotatable bonds is 5. The summed E-state index contributed by atoms with van der Waals surface area (Å²) in [6, 6.07) is 14.5. The molecule has 0 spiro atoms. The van der Waals surface area contributed by atoms with Crippen LogP contribution in [0.5, 0.6) is 5.75 Å². The number of amides is 1. The summed E-state index contributed by atoms with van der Waals surface area (Å²) in [5, 5.41) is 3.34. The first-order valence-electron chi connectivity index (χ1n) is 7.64. The van der Waals surface area contributed by atoms with Crippen LogP contribution in [0.25, 0.3) is 11.3 Å². The van der Waals surface area contributed by atoms with Crippen LogP contribution in [-0.4, -0.2) is 13.0 Å². The Labute approximate surface area is 169 Å². The second-order valence-corrected chi connectivity index (χ2v) is 7.16. The van der Waals surface area contributed by atoms with Gasteiger partial charge in [0.25, 0.3) is 5.91 Å².